The molecule has 2 saturated heterocycles. The van der Waals surface area contributed by atoms with Crippen LogP contribution in [0.25, 0.3) is 0 Å². The molecule has 2 aliphatic heterocycles. The van der Waals surface area contributed by atoms with Crippen molar-refractivity contribution in [1.82, 2.24) is 9.80 Å². The molecule has 2 aliphatic rings. The number of amides is 3. The highest BCUT2D eigenvalue weighted by molar-refractivity contribution is 5.93. The van der Waals surface area contributed by atoms with E-state index in [4.69, 9.17) is 18.9 Å². The normalized spacial score (nSPS) is 25.5. The number of carbonyl (C=O) groups is 3. The topological polar surface area (TPSA) is 94.6 Å². The van der Waals surface area contributed by atoms with Gasteiger partial charge < -0.3 is 18.9 Å². The zero-order chi connectivity index (χ0) is 23.3. The van der Waals surface area contributed by atoms with Crippen LogP contribution in [-0.4, -0.2) is 78.2 Å². The average Bonchev–Trinajstić information content (AvgIpc) is 3.05. The van der Waals surface area contributed by atoms with Gasteiger partial charge in [-0.3, -0.25) is 9.69 Å². The molecule has 0 radical (unpaired) electrons. The predicted molar refractivity (Wildman–Crippen MR) is 113 cm³/mol. The number of ether oxygens (including phenoxy) is 4. The largest absolute Gasteiger partial charge is 0.447 e. The highest BCUT2D eigenvalue weighted by Gasteiger charge is 2.44. The minimum atomic E-state index is -0.638. The van der Waals surface area contributed by atoms with Crippen molar-refractivity contribution in [2.45, 2.75) is 97.1 Å². The summed E-state index contributed by atoms with van der Waals surface area (Å²) in [5.74, 6) is -0.300. The van der Waals surface area contributed by atoms with Crippen molar-refractivity contribution < 1.29 is 33.3 Å². The van der Waals surface area contributed by atoms with Crippen molar-refractivity contribution >= 4 is 18.1 Å². The van der Waals surface area contributed by atoms with Crippen molar-refractivity contribution in [3.8, 4) is 0 Å². The molecule has 2 fully saturated rings. The Morgan fingerprint density at radius 3 is 2.45 bits per heavy atom. The molecule has 0 aromatic heterocycles. The first-order valence-electron chi connectivity index (χ1n) is 11.1. The van der Waals surface area contributed by atoms with E-state index in [0.717, 1.165) is 12.8 Å². The van der Waals surface area contributed by atoms with Crippen LogP contribution in [0.1, 0.15) is 67.2 Å². The second kappa shape index (κ2) is 10.6. The first kappa shape index (κ1) is 25.4. The number of imide groups is 1. The number of methoxy groups -OCH3 is 1. The Morgan fingerprint density at radius 2 is 1.87 bits per heavy atom. The lowest BCUT2D eigenvalue weighted by atomic mass is 9.91. The Balaban J connectivity index is 2.24. The Morgan fingerprint density at radius 1 is 1.19 bits per heavy atom. The molecule has 0 aromatic rings. The van der Waals surface area contributed by atoms with E-state index in [1.54, 1.807) is 4.90 Å². The van der Waals surface area contributed by atoms with E-state index < -0.39 is 23.9 Å². The lowest BCUT2D eigenvalue weighted by Crippen LogP contribution is -2.56. The molecule has 4 atom stereocenters. The molecule has 2 heterocycles. The van der Waals surface area contributed by atoms with E-state index >= 15 is 0 Å². The van der Waals surface area contributed by atoms with E-state index in [0.29, 0.717) is 6.42 Å². The zero-order valence-corrected chi connectivity index (χ0v) is 19.9. The molecule has 0 unspecified atom stereocenters. The molecule has 178 valence electrons. The Hall–Kier alpha value is -1.87. The highest BCUT2D eigenvalue weighted by atomic mass is 16.7. The van der Waals surface area contributed by atoms with Crippen LogP contribution < -0.4 is 0 Å². The Kier molecular flexibility index (Phi) is 8.71. The molecule has 0 aliphatic carbocycles. The van der Waals surface area contributed by atoms with Gasteiger partial charge in [-0.15, -0.1) is 0 Å². The van der Waals surface area contributed by atoms with Crippen LogP contribution in [0.5, 0.6) is 0 Å². The van der Waals surface area contributed by atoms with Gasteiger partial charge in [0.05, 0.1) is 24.6 Å². The number of nitrogens with zero attached hydrogens (tertiary/aromatic N) is 2. The van der Waals surface area contributed by atoms with Crippen molar-refractivity contribution in [3.05, 3.63) is 0 Å². The molecule has 2 rings (SSSR count). The number of rotatable bonds is 7. The Labute approximate surface area is 185 Å². The molecular weight excluding hydrogens is 404 g/mol. The number of carbonyl (C=O) groups excluding carboxylic acids is 3. The molecule has 3 amide bonds. The fourth-order valence-electron chi connectivity index (χ4n) is 4.17. The van der Waals surface area contributed by atoms with E-state index in [1.165, 1.54) is 12.0 Å². The third kappa shape index (κ3) is 6.55. The summed E-state index contributed by atoms with van der Waals surface area (Å²) in [6, 6.07) is -0.735. The average molecular weight is 443 g/mol. The third-order valence-electron chi connectivity index (χ3n) is 5.71. The predicted octanol–water partition coefficient (Wildman–Crippen LogP) is 3.55. The van der Waals surface area contributed by atoms with Gasteiger partial charge >= 0.3 is 12.2 Å². The molecule has 9 nitrogen and oxygen atoms in total. The van der Waals surface area contributed by atoms with Crippen molar-refractivity contribution in [3.63, 3.8) is 0 Å². The van der Waals surface area contributed by atoms with Gasteiger partial charge in [0.15, 0.2) is 0 Å². The van der Waals surface area contributed by atoms with E-state index in [-0.39, 0.29) is 49.8 Å². The smallest absolute Gasteiger partial charge is 0.416 e. The van der Waals surface area contributed by atoms with Crippen LogP contribution in [0.2, 0.25) is 0 Å². The van der Waals surface area contributed by atoms with Crippen LogP contribution in [0, 0.1) is 5.92 Å². The fraction of sp³-hybridized carbons (Fsp3) is 0.864. The second-order valence-corrected chi connectivity index (χ2v) is 9.70. The molecule has 31 heavy (non-hydrogen) atoms. The standard InChI is InChI=1S/C22H38N2O7/c1-14(2)17-12-29-20(26)24(17)19(25)11-18(30-13-28-7)16-10-8-9-15(3)23(16)21(27)31-22(4,5)6/h14-18H,8-13H2,1-7H3/t15-,16+,17+,18-/m0/s1. The molecule has 9 heteroatoms. The number of piperidine rings is 1. The zero-order valence-electron chi connectivity index (χ0n) is 19.9. The first-order valence-corrected chi connectivity index (χ1v) is 11.1. The van der Waals surface area contributed by atoms with Gasteiger partial charge in [0.25, 0.3) is 0 Å². The highest BCUT2D eigenvalue weighted by Crippen LogP contribution is 2.30. The third-order valence-corrected chi connectivity index (χ3v) is 5.71. The minimum Gasteiger partial charge on any atom is -0.447 e. The van der Waals surface area contributed by atoms with Gasteiger partial charge in [-0.1, -0.05) is 13.8 Å². The lowest BCUT2D eigenvalue weighted by Gasteiger charge is -2.44. The van der Waals surface area contributed by atoms with E-state index in [9.17, 15) is 14.4 Å². The molecule has 0 bridgehead atoms. The van der Waals surface area contributed by atoms with Crippen LogP contribution in [0.15, 0.2) is 0 Å². The van der Waals surface area contributed by atoms with Crippen LogP contribution in [-0.2, 0) is 23.7 Å². The number of cyclic esters (lactones) is 1. The lowest BCUT2D eigenvalue weighted by molar-refractivity contribution is -0.143. The summed E-state index contributed by atoms with van der Waals surface area (Å²) < 4.78 is 21.7. The Bertz CT molecular complexity index is 646. The second-order valence-electron chi connectivity index (χ2n) is 9.70. The molecule has 0 saturated carbocycles. The molecule has 0 spiro atoms. The van der Waals surface area contributed by atoms with Crippen LogP contribution >= 0.6 is 0 Å². The van der Waals surface area contributed by atoms with Gasteiger partial charge in [0.2, 0.25) is 5.91 Å². The van der Waals surface area contributed by atoms with Gasteiger partial charge in [0, 0.05) is 13.2 Å². The number of hydrogen-bond donors (Lipinski definition) is 0. The van der Waals surface area contributed by atoms with Gasteiger partial charge in [0.1, 0.15) is 19.0 Å². The minimum absolute atomic E-state index is 0.0248. The van der Waals surface area contributed by atoms with Gasteiger partial charge in [-0.25, -0.2) is 14.5 Å². The number of likely N-dealkylation sites (tertiary alicyclic amines) is 1. The van der Waals surface area contributed by atoms with Crippen molar-refractivity contribution in [2.24, 2.45) is 5.92 Å². The van der Waals surface area contributed by atoms with Gasteiger partial charge in [-0.05, 0) is 52.9 Å². The quantitative estimate of drug-likeness (QED) is 0.557. The first-order chi connectivity index (χ1) is 14.5. The summed E-state index contributed by atoms with van der Waals surface area (Å²) in [5.41, 5.74) is -0.638. The summed E-state index contributed by atoms with van der Waals surface area (Å²) in [6.45, 7) is 11.5. The van der Waals surface area contributed by atoms with Gasteiger partial charge in [-0.2, -0.15) is 0 Å². The van der Waals surface area contributed by atoms with Crippen molar-refractivity contribution in [2.75, 3.05) is 20.5 Å². The fourth-order valence-corrected chi connectivity index (χ4v) is 4.17. The summed E-state index contributed by atoms with van der Waals surface area (Å²) in [5, 5.41) is 0. The maximum Gasteiger partial charge on any atom is 0.416 e. The number of hydrogen-bond acceptors (Lipinski definition) is 7. The maximum absolute atomic E-state index is 13.1. The van der Waals surface area contributed by atoms with E-state index in [2.05, 4.69) is 0 Å². The molecular formula is C22H38N2O7. The summed E-state index contributed by atoms with van der Waals surface area (Å²) in [7, 11) is 1.50. The summed E-state index contributed by atoms with van der Waals surface area (Å²) in [4.78, 5) is 41.2. The summed E-state index contributed by atoms with van der Waals surface area (Å²) >= 11 is 0. The summed E-state index contributed by atoms with van der Waals surface area (Å²) in [6.07, 6.45) is 0.658. The van der Waals surface area contributed by atoms with Crippen LogP contribution in [0.4, 0.5) is 9.59 Å². The monoisotopic (exact) mass is 442 g/mol. The van der Waals surface area contributed by atoms with Crippen LogP contribution in [0.3, 0.4) is 0 Å². The molecule has 0 aromatic carbocycles. The molecule has 0 N–H and O–H groups in total. The van der Waals surface area contributed by atoms with E-state index in [1.807, 2.05) is 41.5 Å². The SMILES string of the molecule is COCO[C@@H](CC(=O)N1C(=O)OC[C@@H]1C(C)C)[C@H]1CCC[C@H](C)N1C(=O)OC(C)(C)C. The van der Waals surface area contributed by atoms with Crippen molar-refractivity contribution in [1.29, 1.82) is 0 Å². The maximum atomic E-state index is 13.1.